The fourth-order valence-electron chi connectivity index (χ4n) is 3.30. The van der Waals surface area contributed by atoms with Crippen LogP contribution in [-0.2, 0) is 19.3 Å². The lowest BCUT2D eigenvalue weighted by Crippen LogP contribution is -2.15. The summed E-state index contributed by atoms with van der Waals surface area (Å²) < 4.78 is 5.60. The van der Waals surface area contributed by atoms with Crippen molar-refractivity contribution < 1.29 is 9.53 Å². The molecule has 0 aliphatic carbocycles. The number of nitrogens with two attached hydrogens (primary N) is 1. The zero-order valence-corrected chi connectivity index (χ0v) is 17.3. The predicted molar refractivity (Wildman–Crippen MR) is 117 cm³/mol. The number of rotatable bonds is 8. The van der Waals surface area contributed by atoms with E-state index in [9.17, 15) is 4.79 Å². The van der Waals surface area contributed by atoms with E-state index >= 15 is 0 Å². The maximum Gasteiger partial charge on any atom is 0.321 e. The Morgan fingerprint density at radius 3 is 2.48 bits per heavy atom. The number of hydrogen-bond donors (Lipinski definition) is 2. The highest BCUT2D eigenvalue weighted by Gasteiger charge is 2.18. The van der Waals surface area contributed by atoms with Crippen LogP contribution in [0.4, 0.5) is 0 Å². The fourth-order valence-corrected chi connectivity index (χ4v) is 3.52. The van der Waals surface area contributed by atoms with E-state index in [0.717, 1.165) is 11.1 Å². The number of nitrogens with one attached hydrogen (secondary N) is 1. The summed E-state index contributed by atoms with van der Waals surface area (Å²) in [5.74, 6) is 0.156. The van der Waals surface area contributed by atoms with Crippen molar-refractivity contribution in [3.63, 3.8) is 0 Å². The summed E-state index contributed by atoms with van der Waals surface area (Å²) in [7, 11) is 0. The maximum absolute atomic E-state index is 12.1. The van der Waals surface area contributed by atoms with Crippen LogP contribution in [0.1, 0.15) is 32.9 Å². The molecule has 0 saturated heterocycles. The average molecular weight is 434 g/mol. The van der Waals surface area contributed by atoms with Crippen LogP contribution in [-0.4, -0.2) is 26.1 Å². The molecule has 0 unspecified atom stereocenters. The smallest absolute Gasteiger partial charge is 0.321 e. The SMILES string of the molecule is NC(=O)c1c(CCc2ccc(Oc3ncccn3)cc2)n[nH]c1Cc1cccc(Cl)c1. The molecule has 7 nitrogen and oxygen atoms in total. The zero-order valence-electron chi connectivity index (χ0n) is 16.6. The van der Waals surface area contributed by atoms with Crippen molar-refractivity contribution in [1.82, 2.24) is 20.2 Å². The Morgan fingerprint density at radius 2 is 1.77 bits per heavy atom. The van der Waals surface area contributed by atoms with Crippen LogP contribution >= 0.6 is 11.6 Å². The summed E-state index contributed by atoms with van der Waals surface area (Å²) >= 11 is 6.06. The number of aromatic nitrogens is 4. The van der Waals surface area contributed by atoms with Crippen molar-refractivity contribution in [2.45, 2.75) is 19.3 Å². The van der Waals surface area contributed by atoms with Crippen molar-refractivity contribution >= 4 is 17.5 Å². The third kappa shape index (κ3) is 5.26. The average Bonchev–Trinajstić information content (AvgIpc) is 3.17. The summed E-state index contributed by atoms with van der Waals surface area (Å²) in [6.45, 7) is 0. The third-order valence-electron chi connectivity index (χ3n) is 4.76. The lowest BCUT2D eigenvalue weighted by Gasteiger charge is -2.06. The van der Waals surface area contributed by atoms with E-state index < -0.39 is 5.91 Å². The van der Waals surface area contributed by atoms with E-state index in [1.54, 1.807) is 18.5 Å². The van der Waals surface area contributed by atoms with Crippen LogP contribution in [0, 0.1) is 0 Å². The number of primary amides is 1. The number of nitrogens with zero attached hydrogens (tertiary/aromatic N) is 3. The molecule has 0 radical (unpaired) electrons. The van der Waals surface area contributed by atoms with Gasteiger partial charge < -0.3 is 10.5 Å². The largest absolute Gasteiger partial charge is 0.424 e. The van der Waals surface area contributed by atoms with E-state index in [1.165, 1.54) is 0 Å². The van der Waals surface area contributed by atoms with Crippen LogP contribution in [0.2, 0.25) is 5.02 Å². The molecule has 2 heterocycles. The summed E-state index contributed by atoms with van der Waals surface area (Å²) in [4.78, 5) is 20.2. The first-order valence-corrected chi connectivity index (χ1v) is 10.1. The van der Waals surface area contributed by atoms with Crippen molar-refractivity contribution in [2.24, 2.45) is 5.73 Å². The van der Waals surface area contributed by atoms with E-state index in [1.807, 2.05) is 48.5 Å². The third-order valence-corrected chi connectivity index (χ3v) is 4.99. The number of benzene rings is 2. The fraction of sp³-hybridized carbons (Fsp3) is 0.130. The Morgan fingerprint density at radius 1 is 1.00 bits per heavy atom. The van der Waals surface area contributed by atoms with Gasteiger partial charge in [-0.1, -0.05) is 35.9 Å². The summed E-state index contributed by atoms with van der Waals surface area (Å²) in [6.07, 6.45) is 5.02. The molecule has 1 amide bonds. The summed E-state index contributed by atoms with van der Waals surface area (Å²) in [6, 6.07) is 17.1. The number of halogens is 1. The number of carbonyl (C=O) groups is 1. The second-order valence-electron chi connectivity index (χ2n) is 6.97. The Hall–Kier alpha value is -3.71. The summed E-state index contributed by atoms with van der Waals surface area (Å²) in [5, 5.41) is 7.96. The van der Waals surface area contributed by atoms with Crippen molar-refractivity contribution in [2.75, 3.05) is 0 Å². The van der Waals surface area contributed by atoms with Gasteiger partial charge >= 0.3 is 6.01 Å². The molecular formula is C23H20ClN5O2. The first-order valence-electron chi connectivity index (χ1n) is 9.72. The molecule has 156 valence electrons. The molecule has 3 N–H and O–H groups in total. The van der Waals surface area contributed by atoms with E-state index in [4.69, 9.17) is 22.1 Å². The first-order chi connectivity index (χ1) is 15.1. The molecule has 4 rings (SSSR count). The number of hydrogen-bond acceptors (Lipinski definition) is 5. The van der Waals surface area contributed by atoms with Gasteiger partial charge in [0.1, 0.15) is 5.75 Å². The van der Waals surface area contributed by atoms with E-state index in [0.29, 0.717) is 53.0 Å². The first kappa shape index (κ1) is 20.6. The van der Waals surface area contributed by atoms with Crippen LogP contribution in [0.15, 0.2) is 67.0 Å². The molecule has 0 aliphatic rings. The molecule has 0 saturated carbocycles. The van der Waals surface area contributed by atoms with Gasteiger partial charge in [0, 0.05) is 23.8 Å². The minimum Gasteiger partial charge on any atom is -0.424 e. The van der Waals surface area contributed by atoms with Gasteiger partial charge in [0.25, 0.3) is 5.91 Å². The van der Waals surface area contributed by atoms with Gasteiger partial charge in [-0.25, -0.2) is 9.97 Å². The van der Waals surface area contributed by atoms with Crippen molar-refractivity contribution in [1.29, 1.82) is 0 Å². The van der Waals surface area contributed by atoms with Gasteiger partial charge in [-0.3, -0.25) is 9.89 Å². The lowest BCUT2D eigenvalue weighted by atomic mass is 10.0. The molecule has 31 heavy (non-hydrogen) atoms. The molecule has 2 aromatic carbocycles. The molecule has 2 aromatic heterocycles. The molecule has 8 heteroatoms. The van der Waals surface area contributed by atoms with E-state index in [2.05, 4.69) is 20.2 Å². The minimum absolute atomic E-state index is 0.296. The molecule has 0 aliphatic heterocycles. The van der Waals surface area contributed by atoms with Crippen LogP contribution in [0.3, 0.4) is 0 Å². The lowest BCUT2D eigenvalue weighted by molar-refractivity contribution is 0.0998. The standard InChI is InChI=1S/C23H20ClN5O2/c24-17-4-1-3-16(13-17)14-20-21(22(25)30)19(28-29-20)10-7-15-5-8-18(9-6-15)31-23-26-11-2-12-27-23/h1-6,8-9,11-13H,7,10,14H2,(H2,25,30)(H,28,29). The zero-order chi connectivity index (χ0) is 21.6. The predicted octanol–water partition coefficient (Wildman–Crippen LogP) is 4.12. The molecular weight excluding hydrogens is 414 g/mol. The highest BCUT2D eigenvalue weighted by atomic mass is 35.5. The Labute approximate surface area is 184 Å². The molecule has 0 bridgehead atoms. The van der Waals surface area contributed by atoms with Crippen molar-refractivity contribution in [3.05, 3.63) is 100 Å². The number of H-pyrrole nitrogens is 1. The monoisotopic (exact) mass is 433 g/mol. The van der Waals surface area contributed by atoms with Gasteiger partial charge in [0.2, 0.25) is 0 Å². The van der Waals surface area contributed by atoms with Crippen molar-refractivity contribution in [3.8, 4) is 11.8 Å². The molecule has 0 fully saturated rings. The highest BCUT2D eigenvalue weighted by molar-refractivity contribution is 6.30. The van der Waals surface area contributed by atoms with Gasteiger partial charge in [-0.05, 0) is 54.3 Å². The molecule has 0 atom stereocenters. The van der Waals surface area contributed by atoms with Crippen LogP contribution < -0.4 is 10.5 Å². The topological polar surface area (TPSA) is 107 Å². The number of aromatic amines is 1. The minimum atomic E-state index is -0.493. The number of carbonyl (C=O) groups excluding carboxylic acids is 1. The number of ether oxygens (including phenoxy) is 1. The highest BCUT2D eigenvalue weighted by Crippen LogP contribution is 2.21. The molecule has 0 spiro atoms. The Kier molecular flexibility index (Phi) is 6.24. The second-order valence-corrected chi connectivity index (χ2v) is 7.41. The second kappa shape index (κ2) is 9.40. The normalized spacial score (nSPS) is 10.7. The van der Waals surface area contributed by atoms with Gasteiger partial charge in [0.15, 0.2) is 0 Å². The Balaban J connectivity index is 1.43. The van der Waals surface area contributed by atoms with E-state index in [-0.39, 0.29) is 0 Å². The quantitative estimate of drug-likeness (QED) is 0.434. The van der Waals surface area contributed by atoms with Gasteiger partial charge in [0.05, 0.1) is 17.0 Å². The summed E-state index contributed by atoms with van der Waals surface area (Å²) in [5.41, 5.74) is 9.50. The molecule has 4 aromatic rings. The number of aryl methyl sites for hydroxylation is 2. The maximum atomic E-state index is 12.1. The van der Waals surface area contributed by atoms with Crippen LogP contribution in [0.5, 0.6) is 11.8 Å². The number of amides is 1. The van der Waals surface area contributed by atoms with Gasteiger partial charge in [-0.2, -0.15) is 5.10 Å². The van der Waals surface area contributed by atoms with Crippen LogP contribution in [0.25, 0.3) is 0 Å². The Bertz CT molecular complexity index is 1180. The van der Waals surface area contributed by atoms with Gasteiger partial charge in [-0.15, -0.1) is 0 Å².